The summed E-state index contributed by atoms with van der Waals surface area (Å²) >= 11 is 3.08. The molecule has 0 N–H and O–H groups in total. The molecule has 0 aliphatic rings. The number of amides is 1. The van der Waals surface area contributed by atoms with Crippen LogP contribution in [0.5, 0.6) is 0 Å². The van der Waals surface area contributed by atoms with E-state index in [1.165, 1.54) is 35.6 Å². The number of fused-ring (bicyclic) bond motifs is 1. The number of anilines is 1. The molecule has 0 aliphatic heterocycles. The van der Waals surface area contributed by atoms with E-state index in [1.54, 1.807) is 35.1 Å². The number of rotatable bonds is 6. The summed E-state index contributed by atoms with van der Waals surface area (Å²) in [6.45, 7) is 0.217. The number of hydrogen-bond acceptors (Lipinski definition) is 7. The minimum atomic E-state index is -3.33. The molecule has 0 saturated carbocycles. The lowest BCUT2D eigenvalue weighted by Gasteiger charge is -2.19. The molecule has 0 aliphatic carbocycles. The van der Waals surface area contributed by atoms with Gasteiger partial charge >= 0.3 is 0 Å². The zero-order chi connectivity index (χ0) is 21.3. The van der Waals surface area contributed by atoms with Gasteiger partial charge in [-0.1, -0.05) is 11.3 Å². The van der Waals surface area contributed by atoms with E-state index in [9.17, 15) is 13.2 Å². The monoisotopic (exact) mass is 458 g/mol. The zero-order valence-electron chi connectivity index (χ0n) is 16.2. The molecule has 30 heavy (non-hydrogen) atoms. The fraction of sp³-hybridized carbons (Fsp3) is 0.143. The second kappa shape index (κ2) is 8.25. The summed E-state index contributed by atoms with van der Waals surface area (Å²) in [5, 5.41) is 0.553. The normalized spacial score (nSPS) is 11.7. The number of hydrogen-bond donors (Lipinski definition) is 0. The van der Waals surface area contributed by atoms with Crippen molar-refractivity contribution in [1.29, 1.82) is 0 Å². The van der Waals surface area contributed by atoms with E-state index in [2.05, 4.69) is 11.1 Å². The molecule has 2 aromatic heterocycles. The summed E-state index contributed by atoms with van der Waals surface area (Å²) in [4.78, 5) is 20.8. The van der Waals surface area contributed by atoms with Gasteiger partial charge in [0.25, 0.3) is 5.91 Å². The highest BCUT2D eigenvalue weighted by Gasteiger charge is 2.23. The number of benzene rings is 2. The predicted octanol–water partition coefficient (Wildman–Crippen LogP) is 4.86. The highest BCUT2D eigenvalue weighted by atomic mass is 32.2. The highest BCUT2D eigenvalue weighted by molar-refractivity contribution is 7.98. The fourth-order valence-corrected chi connectivity index (χ4v) is 5.07. The van der Waals surface area contributed by atoms with Crippen LogP contribution in [0.3, 0.4) is 0 Å². The average Bonchev–Trinajstić information content (AvgIpc) is 3.39. The second-order valence-corrected chi connectivity index (χ2v) is 10.5. The van der Waals surface area contributed by atoms with E-state index < -0.39 is 9.84 Å². The summed E-state index contributed by atoms with van der Waals surface area (Å²) in [5.74, 6) is 0.343. The first-order valence-corrected chi connectivity index (χ1v) is 12.9. The molecule has 0 atom stereocenters. The predicted molar refractivity (Wildman–Crippen MR) is 120 cm³/mol. The topological polar surface area (TPSA) is 80.5 Å². The van der Waals surface area contributed by atoms with Crippen molar-refractivity contribution in [2.75, 3.05) is 17.4 Å². The minimum absolute atomic E-state index is 0.168. The van der Waals surface area contributed by atoms with Crippen LogP contribution in [0.25, 0.3) is 10.2 Å². The van der Waals surface area contributed by atoms with Gasteiger partial charge in [-0.15, -0.1) is 11.8 Å². The Kier molecular flexibility index (Phi) is 5.68. The first-order valence-electron chi connectivity index (χ1n) is 8.94. The lowest BCUT2D eigenvalue weighted by molar-refractivity contribution is 0.0983. The van der Waals surface area contributed by atoms with Crippen molar-refractivity contribution < 1.29 is 17.6 Å². The van der Waals surface area contributed by atoms with E-state index in [1.807, 2.05) is 18.4 Å². The van der Waals surface area contributed by atoms with Gasteiger partial charge in [0.1, 0.15) is 5.76 Å². The number of thioether (sulfide) groups is 1. The van der Waals surface area contributed by atoms with Gasteiger partial charge in [0.15, 0.2) is 15.0 Å². The van der Waals surface area contributed by atoms with Crippen LogP contribution in [-0.4, -0.2) is 31.8 Å². The van der Waals surface area contributed by atoms with Crippen LogP contribution in [0, 0.1) is 0 Å². The van der Waals surface area contributed by atoms with E-state index in [0.717, 1.165) is 21.4 Å². The van der Waals surface area contributed by atoms with Crippen molar-refractivity contribution in [3.8, 4) is 0 Å². The molecule has 154 valence electrons. The van der Waals surface area contributed by atoms with Crippen molar-refractivity contribution in [1.82, 2.24) is 4.98 Å². The van der Waals surface area contributed by atoms with Crippen LogP contribution in [0.4, 0.5) is 5.13 Å². The molecule has 0 bridgehead atoms. The Labute approximate surface area is 182 Å². The molecule has 0 radical (unpaired) electrons. The Balaban J connectivity index is 1.73. The van der Waals surface area contributed by atoms with Crippen molar-refractivity contribution in [2.24, 2.45) is 0 Å². The molecule has 0 fully saturated rings. The molecule has 1 amide bonds. The van der Waals surface area contributed by atoms with Gasteiger partial charge in [0.2, 0.25) is 0 Å². The van der Waals surface area contributed by atoms with Crippen LogP contribution < -0.4 is 4.90 Å². The standard InChI is InChI=1S/C21H18N2O4S3/c1-28-16-7-10-18-19(12-16)29-21(22-18)23(13-15-4-3-11-27-15)20(24)14-5-8-17(9-6-14)30(2,25)26/h3-12H,13H2,1-2H3. The molecule has 4 aromatic rings. The quantitative estimate of drug-likeness (QED) is 0.384. The summed E-state index contributed by atoms with van der Waals surface area (Å²) in [5.41, 5.74) is 1.19. The highest BCUT2D eigenvalue weighted by Crippen LogP contribution is 2.33. The number of carbonyl (C=O) groups is 1. The summed E-state index contributed by atoms with van der Waals surface area (Å²) in [6.07, 6.45) is 4.70. The lowest BCUT2D eigenvalue weighted by Crippen LogP contribution is -2.30. The average molecular weight is 459 g/mol. The van der Waals surface area contributed by atoms with E-state index in [-0.39, 0.29) is 17.3 Å². The molecule has 6 nitrogen and oxygen atoms in total. The largest absolute Gasteiger partial charge is 0.467 e. The van der Waals surface area contributed by atoms with Gasteiger partial charge in [-0.3, -0.25) is 9.69 Å². The minimum Gasteiger partial charge on any atom is -0.467 e. The van der Waals surface area contributed by atoms with E-state index in [0.29, 0.717) is 16.5 Å². The molecule has 0 saturated heterocycles. The first-order chi connectivity index (χ1) is 14.3. The van der Waals surface area contributed by atoms with Crippen molar-refractivity contribution >= 4 is 54.2 Å². The maximum atomic E-state index is 13.3. The van der Waals surface area contributed by atoms with Crippen LogP contribution in [0.1, 0.15) is 16.1 Å². The van der Waals surface area contributed by atoms with Gasteiger partial charge in [0, 0.05) is 16.7 Å². The molecular weight excluding hydrogens is 440 g/mol. The molecule has 4 rings (SSSR count). The second-order valence-electron chi connectivity index (χ2n) is 6.60. The number of aromatic nitrogens is 1. The number of nitrogens with zero attached hydrogens (tertiary/aromatic N) is 2. The summed E-state index contributed by atoms with van der Waals surface area (Å²) in [7, 11) is -3.33. The maximum Gasteiger partial charge on any atom is 0.260 e. The third kappa shape index (κ3) is 4.28. The Morgan fingerprint density at radius 1 is 1.17 bits per heavy atom. The molecule has 9 heteroatoms. The summed E-state index contributed by atoms with van der Waals surface area (Å²) < 4.78 is 29.9. The van der Waals surface area contributed by atoms with Gasteiger partial charge in [-0.2, -0.15) is 0 Å². The Hall–Kier alpha value is -2.62. The number of furan rings is 1. The summed E-state index contributed by atoms with van der Waals surface area (Å²) in [6, 6.07) is 15.5. The smallest absolute Gasteiger partial charge is 0.260 e. The Morgan fingerprint density at radius 3 is 2.57 bits per heavy atom. The number of carbonyl (C=O) groups excluding carboxylic acids is 1. The fourth-order valence-electron chi connectivity index (χ4n) is 2.92. The maximum absolute atomic E-state index is 13.3. The van der Waals surface area contributed by atoms with Crippen molar-refractivity contribution in [3.05, 3.63) is 72.2 Å². The molecule has 2 aromatic carbocycles. The van der Waals surface area contributed by atoms with Crippen LogP contribution in [0.15, 0.2) is 75.1 Å². The van der Waals surface area contributed by atoms with Crippen LogP contribution in [-0.2, 0) is 16.4 Å². The van der Waals surface area contributed by atoms with Gasteiger partial charge in [-0.25, -0.2) is 13.4 Å². The lowest BCUT2D eigenvalue weighted by atomic mass is 10.2. The van der Waals surface area contributed by atoms with Crippen LogP contribution in [0.2, 0.25) is 0 Å². The third-order valence-electron chi connectivity index (χ3n) is 4.48. The SMILES string of the molecule is CSc1ccc2nc(N(Cc3ccco3)C(=O)c3ccc(S(C)(=O)=O)cc3)sc2c1. The zero-order valence-corrected chi connectivity index (χ0v) is 18.7. The van der Waals surface area contributed by atoms with E-state index in [4.69, 9.17) is 4.42 Å². The van der Waals surface area contributed by atoms with Crippen LogP contribution >= 0.6 is 23.1 Å². The van der Waals surface area contributed by atoms with Crippen molar-refractivity contribution in [3.63, 3.8) is 0 Å². The van der Waals surface area contributed by atoms with Crippen molar-refractivity contribution in [2.45, 2.75) is 16.3 Å². The first kappa shape index (κ1) is 20.6. The number of sulfone groups is 1. The third-order valence-corrected chi connectivity index (χ3v) is 7.38. The van der Waals surface area contributed by atoms with Gasteiger partial charge in [0.05, 0.1) is 27.9 Å². The molecule has 0 spiro atoms. The van der Waals surface area contributed by atoms with Gasteiger partial charge < -0.3 is 4.42 Å². The van der Waals surface area contributed by atoms with E-state index >= 15 is 0 Å². The molecule has 2 heterocycles. The Bertz CT molecular complexity index is 1290. The Morgan fingerprint density at radius 2 is 1.93 bits per heavy atom. The van der Waals surface area contributed by atoms with Gasteiger partial charge in [-0.05, 0) is 60.9 Å². The molecule has 0 unspecified atom stereocenters. The molecular formula is C21H18N2O4S3. The number of thiazole rings is 1.